The predicted molar refractivity (Wildman–Crippen MR) is 78.5 cm³/mol. The summed E-state index contributed by atoms with van der Waals surface area (Å²) in [5.41, 5.74) is 1.40. The van der Waals surface area contributed by atoms with Crippen LogP contribution < -0.4 is 4.74 Å². The van der Waals surface area contributed by atoms with Crippen LogP contribution in [0, 0.1) is 5.82 Å². The molecule has 0 bridgehead atoms. The number of aromatic nitrogens is 2. The van der Waals surface area contributed by atoms with Gasteiger partial charge < -0.3 is 13.9 Å². The van der Waals surface area contributed by atoms with Crippen molar-refractivity contribution in [3.63, 3.8) is 0 Å². The van der Waals surface area contributed by atoms with Gasteiger partial charge in [0.25, 0.3) is 0 Å². The molecule has 3 aromatic rings. The standard InChI is InChI=1S/C16H13FN2O3/c1-21-13-5-3-4-12(17)15(13)10-8-14-18-6-7-19(14)9-11(10)16(20)22-2/h3-9H,1-2H3. The van der Waals surface area contributed by atoms with E-state index in [1.807, 2.05) is 0 Å². The Morgan fingerprint density at radius 3 is 2.86 bits per heavy atom. The molecule has 0 N–H and O–H groups in total. The van der Waals surface area contributed by atoms with Gasteiger partial charge in [-0.25, -0.2) is 14.2 Å². The van der Waals surface area contributed by atoms with Crippen LogP contribution in [0.4, 0.5) is 4.39 Å². The molecule has 2 heterocycles. The lowest BCUT2D eigenvalue weighted by atomic mass is 10.00. The number of esters is 1. The molecule has 0 aliphatic rings. The van der Waals surface area contributed by atoms with Gasteiger partial charge >= 0.3 is 5.97 Å². The maximum absolute atomic E-state index is 14.3. The van der Waals surface area contributed by atoms with Crippen LogP contribution in [0.15, 0.2) is 42.9 Å². The first-order chi connectivity index (χ1) is 10.7. The number of nitrogens with zero attached hydrogens (tertiary/aromatic N) is 2. The number of fused-ring (bicyclic) bond motifs is 1. The van der Waals surface area contributed by atoms with Crippen LogP contribution >= 0.6 is 0 Å². The second-order valence-electron chi connectivity index (χ2n) is 4.60. The van der Waals surface area contributed by atoms with Crippen molar-refractivity contribution in [2.24, 2.45) is 0 Å². The molecule has 0 aliphatic heterocycles. The van der Waals surface area contributed by atoms with Crippen molar-refractivity contribution in [3.05, 3.63) is 54.2 Å². The van der Waals surface area contributed by atoms with Gasteiger partial charge in [-0.15, -0.1) is 0 Å². The summed E-state index contributed by atoms with van der Waals surface area (Å²) >= 11 is 0. The fraction of sp³-hybridized carbons (Fsp3) is 0.125. The number of imidazole rings is 1. The third-order valence-corrected chi connectivity index (χ3v) is 3.40. The largest absolute Gasteiger partial charge is 0.496 e. The average Bonchev–Trinajstić information content (AvgIpc) is 3.00. The molecular formula is C16H13FN2O3. The van der Waals surface area contributed by atoms with Crippen LogP contribution in [-0.2, 0) is 4.74 Å². The molecule has 112 valence electrons. The molecule has 5 nitrogen and oxygen atoms in total. The molecule has 0 amide bonds. The first-order valence-corrected chi connectivity index (χ1v) is 6.53. The van der Waals surface area contributed by atoms with E-state index in [1.54, 1.807) is 41.2 Å². The molecule has 0 fully saturated rings. The van der Waals surface area contributed by atoms with E-state index >= 15 is 0 Å². The topological polar surface area (TPSA) is 52.8 Å². The second-order valence-corrected chi connectivity index (χ2v) is 4.60. The van der Waals surface area contributed by atoms with Crippen molar-refractivity contribution in [2.75, 3.05) is 14.2 Å². The summed E-state index contributed by atoms with van der Waals surface area (Å²) in [7, 11) is 2.73. The van der Waals surface area contributed by atoms with Gasteiger partial charge in [-0.2, -0.15) is 0 Å². The minimum absolute atomic E-state index is 0.205. The van der Waals surface area contributed by atoms with Crippen molar-refractivity contribution >= 4 is 11.6 Å². The fourth-order valence-electron chi connectivity index (χ4n) is 2.38. The Morgan fingerprint density at radius 1 is 1.32 bits per heavy atom. The van der Waals surface area contributed by atoms with E-state index in [0.29, 0.717) is 17.0 Å². The number of benzene rings is 1. The SMILES string of the molecule is COC(=O)c1cn2ccnc2cc1-c1c(F)cccc1OC. The highest BCUT2D eigenvalue weighted by molar-refractivity contribution is 5.98. The van der Waals surface area contributed by atoms with Crippen LogP contribution in [0.1, 0.15) is 10.4 Å². The predicted octanol–water partition coefficient (Wildman–Crippen LogP) is 2.94. The van der Waals surface area contributed by atoms with E-state index in [1.165, 1.54) is 20.3 Å². The van der Waals surface area contributed by atoms with Crippen LogP contribution in [0.25, 0.3) is 16.8 Å². The van der Waals surface area contributed by atoms with Crippen LogP contribution in [0.3, 0.4) is 0 Å². The van der Waals surface area contributed by atoms with Gasteiger partial charge in [-0.05, 0) is 18.2 Å². The van der Waals surface area contributed by atoms with Crippen LogP contribution in [0.5, 0.6) is 5.75 Å². The molecule has 0 aliphatic carbocycles. The van der Waals surface area contributed by atoms with E-state index in [2.05, 4.69) is 4.98 Å². The molecule has 0 radical (unpaired) electrons. The lowest BCUT2D eigenvalue weighted by Gasteiger charge is -2.13. The van der Waals surface area contributed by atoms with Crippen molar-refractivity contribution in [1.82, 2.24) is 9.38 Å². The number of halogens is 1. The molecule has 0 spiro atoms. The third kappa shape index (κ3) is 2.18. The summed E-state index contributed by atoms with van der Waals surface area (Å²) in [6.07, 6.45) is 4.86. The van der Waals surface area contributed by atoms with E-state index in [0.717, 1.165) is 0 Å². The number of ether oxygens (including phenoxy) is 2. The lowest BCUT2D eigenvalue weighted by molar-refractivity contribution is 0.0601. The van der Waals surface area contributed by atoms with Crippen LogP contribution in [0.2, 0.25) is 0 Å². The lowest BCUT2D eigenvalue weighted by Crippen LogP contribution is -2.07. The third-order valence-electron chi connectivity index (χ3n) is 3.40. The van der Waals surface area contributed by atoms with Gasteiger partial charge in [0.15, 0.2) is 0 Å². The number of carbonyl (C=O) groups is 1. The highest BCUT2D eigenvalue weighted by atomic mass is 19.1. The summed E-state index contributed by atoms with van der Waals surface area (Å²) in [5, 5.41) is 0. The summed E-state index contributed by atoms with van der Waals surface area (Å²) < 4.78 is 26.0. The number of carbonyl (C=O) groups excluding carboxylic acids is 1. The maximum Gasteiger partial charge on any atom is 0.340 e. The molecule has 0 saturated heterocycles. The summed E-state index contributed by atoms with van der Waals surface area (Å²) in [6.45, 7) is 0. The minimum Gasteiger partial charge on any atom is -0.496 e. The molecule has 0 unspecified atom stereocenters. The molecule has 6 heteroatoms. The highest BCUT2D eigenvalue weighted by Crippen LogP contribution is 2.35. The molecule has 0 atom stereocenters. The van der Waals surface area contributed by atoms with Crippen molar-refractivity contribution in [2.45, 2.75) is 0 Å². The van der Waals surface area contributed by atoms with Crippen molar-refractivity contribution in [1.29, 1.82) is 0 Å². The van der Waals surface area contributed by atoms with Gasteiger partial charge in [-0.1, -0.05) is 6.07 Å². The molecule has 0 saturated carbocycles. The zero-order chi connectivity index (χ0) is 15.7. The van der Waals surface area contributed by atoms with Crippen molar-refractivity contribution in [3.8, 4) is 16.9 Å². The maximum atomic E-state index is 14.3. The molecule has 2 aromatic heterocycles. The Labute approximate surface area is 125 Å². The van der Waals surface area contributed by atoms with Gasteiger partial charge in [0.2, 0.25) is 0 Å². The normalized spacial score (nSPS) is 10.7. The highest BCUT2D eigenvalue weighted by Gasteiger charge is 2.21. The zero-order valence-corrected chi connectivity index (χ0v) is 12.0. The summed E-state index contributed by atoms with van der Waals surface area (Å²) in [6, 6.07) is 6.13. The second kappa shape index (κ2) is 5.48. The first kappa shape index (κ1) is 14.1. The average molecular weight is 300 g/mol. The molecule has 22 heavy (non-hydrogen) atoms. The minimum atomic E-state index is -0.559. The Kier molecular flexibility index (Phi) is 3.50. The van der Waals surface area contributed by atoms with Gasteiger partial charge in [-0.3, -0.25) is 0 Å². The van der Waals surface area contributed by atoms with E-state index in [9.17, 15) is 9.18 Å². The molecule has 1 aromatic carbocycles. The quantitative estimate of drug-likeness (QED) is 0.698. The molecular weight excluding hydrogens is 287 g/mol. The zero-order valence-electron chi connectivity index (χ0n) is 12.0. The smallest absolute Gasteiger partial charge is 0.340 e. The Hall–Kier alpha value is -2.89. The number of methoxy groups -OCH3 is 2. The van der Waals surface area contributed by atoms with Gasteiger partial charge in [0.05, 0.1) is 25.3 Å². The van der Waals surface area contributed by atoms with E-state index in [-0.39, 0.29) is 11.1 Å². The van der Waals surface area contributed by atoms with E-state index < -0.39 is 11.8 Å². The van der Waals surface area contributed by atoms with Crippen LogP contribution in [-0.4, -0.2) is 29.6 Å². The van der Waals surface area contributed by atoms with Gasteiger partial charge in [0, 0.05) is 24.2 Å². The Bertz CT molecular complexity index is 858. The number of hydrogen-bond donors (Lipinski definition) is 0. The van der Waals surface area contributed by atoms with Crippen molar-refractivity contribution < 1.29 is 18.7 Å². The number of rotatable bonds is 3. The Balaban J connectivity index is 2.36. The first-order valence-electron chi connectivity index (χ1n) is 6.53. The Morgan fingerprint density at radius 2 is 2.14 bits per heavy atom. The number of hydrogen-bond acceptors (Lipinski definition) is 4. The summed E-state index contributed by atoms with van der Waals surface area (Å²) in [5.74, 6) is -0.711. The van der Waals surface area contributed by atoms with Gasteiger partial charge in [0.1, 0.15) is 17.2 Å². The number of pyridine rings is 1. The fourth-order valence-corrected chi connectivity index (χ4v) is 2.38. The van der Waals surface area contributed by atoms with E-state index in [4.69, 9.17) is 9.47 Å². The molecule has 3 rings (SSSR count). The summed E-state index contributed by atoms with van der Waals surface area (Å²) in [4.78, 5) is 16.2. The monoisotopic (exact) mass is 300 g/mol.